The molecule has 0 fully saturated rings. The zero-order chi connectivity index (χ0) is 16.7. The fraction of sp³-hybridized carbons (Fsp3) is 0.105. The van der Waals surface area contributed by atoms with Gasteiger partial charge in [-0.1, -0.05) is 59.6 Å². The smallest absolute Gasteiger partial charge is 0.163 e. The SMILES string of the molecule is Cc1ccc(C2=NC3=C(Cl)N=CN(C)C3=Nc3ccccc32)cc1. The molecule has 2 aliphatic rings. The summed E-state index contributed by atoms with van der Waals surface area (Å²) in [5.41, 5.74) is 5.52. The summed E-state index contributed by atoms with van der Waals surface area (Å²) in [7, 11) is 1.89. The summed E-state index contributed by atoms with van der Waals surface area (Å²) in [6.45, 7) is 2.07. The molecular formula is C19H15ClN4. The summed E-state index contributed by atoms with van der Waals surface area (Å²) in [5.74, 6) is 0.699. The number of hydrogen-bond donors (Lipinski definition) is 0. The maximum Gasteiger partial charge on any atom is 0.163 e. The second-order valence-electron chi connectivity index (χ2n) is 5.77. The van der Waals surface area contributed by atoms with Gasteiger partial charge < -0.3 is 4.90 Å². The minimum Gasteiger partial charge on any atom is -0.318 e. The van der Waals surface area contributed by atoms with Gasteiger partial charge in [-0.05, 0) is 13.0 Å². The molecule has 0 radical (unpaired) electrons. The molecule has 5 heteroatoms. The summed E-state index contributed by atoms with van der Waals surface area (Å²) >= 11 is 6.32. The van der Waals surface area contributed by atoms with Crippen LogP contribution in [0.15, 0.2) is 74.4 Å². The molecule has 2 aromatic rings. The first kappa shape index (κ1) is 14.8. The Morgan fingerprint density at radius 2 is 1.71 bits per heavy atom. The highest BCUT2D eigenvalue weighted by Crippen LogP contribution is 2.31. The van der Waals surface area contributed by atoms with Crippen molar-refractivity contribution >= 4 is 35.2 Å². The van der Waals surface area contributed by atoms with Crippen LogP contribution in [0, 0.1) is 6.92 Å². The molecule has 0 aromatic heterocycles. The van der Waals surface area contributed by atoms with Crippen molar-refractivity contribution in [3.63, 3.8) is 0 Å². The second-order valence-corrected chi connectivity index (χ2v) is 6.13. The number of rotatable bonds is 1. The summed E-state index contributed by atoms with van der Waals surface area (Å²) in [6.07, 6.45) is 1.65. The third-order valence-electron chi connectivity index (χ3n) is 4.02. The first-order valence-electron chi connectivity index (χ1n) is 7.64. The van der Waals surface area contributed by atoms with Crippen molar-refractivity contribution < 1.29 is 0 Å². The lowest BCUT2D eigenvalue weighted by molar-refractivity contribution is 0.763. The highest BCUT2D eigenvalue weighted by molar-refractivity contribution is 6.34. The lowest BCUT2D eigenvalue weighted by Gasteiger charge is -2.19. The van der Waals surface area contributed by atoms with Gasteiger partial charge in [-0.3, -0.25) is 0 Å². The van der Waals surface area contributed by atoms with Crippen molar-refractivity contribution in [1.29, 1.82) is 0 Å². The van der Waals surface area contributed by atoms with Crippen LogP contribution in [0.3, 0.4) is 0 Å². The average Bonchev–Trinajstić information content (AvgIpc) is 2.77. The van der Waals surface area contributed by atoms with Gasteiger partial charge in [-0.25, -0.2) is 15.0 Å². The van der Waals surface area contributed by atoms with Crippen molar-refractivity contribution in [2.24, 2.45) is 15.0 Å². The highest BCUT2D eigenvalue weighted by Gasteiger charge is 2.25. The number of benzene rings is 2. The normalized spacial score (nSPS) is 16.2. The average molecular weight is 335 g/mol. The largest absolute Gasteiger partial charge is 0.318 e. The fourth-order valence-electron chi connectivity index (χ4n) is 2.73. The van der Waals surface area contributed by atoms with Crippen LogP contribution in [0.5, 0.6) is 0 Å². The number of aryl methyl sites for hydroxylation is 1. The van der Waals surface area contributed by atoms with Crippen LogP contribution in [0.25, 0.3) is 0 Å². The first-order valence-corrected chi connectivity index (χ1v) is 8.02. The summed E-state index contributed by atoms with van der Waals surface area (Å²) in [5, 5.41) is 0.351. The molecule has 4 rings (SSSR count). The van der Waals surface area contributed by atoms with E-state index < -0.39 is 0 Å². The van der Waals surface area contributed by atoms with Crippen LogP contribution < -0.4 is 0 Å². The van der Waals surface area contributed by atoms with E-state index in [0.717, 1.165) is 22.5 Å². The summed E-state index contributed by atoms with van der Waals surface area (Å²) < 4.78 is 0. The van der Waals surface area contributed by atoms with Gasteiger partial charge in [0.15, 0.2) is 11.0 Å². The van der Waals surface area contributed by atoms with Crippen molar-refractivity contribution in [3.8, 4) is 0 Å². The Kier molecular flexibility index (Phi) is 3.54. The van der Waals surface area contributed by atoms with E-state index in [4.69, 9.17) is 21.6 Å². The van der Waals surface area contributed by atoms with Crippen LogP contribution in [0.1, 0.15) is 16.7 Å². The number of para-hydroxylation sites is 1. The van der Waals surface area contributed by atoms with Gasteiger partial charge in [0.1, 0.15) is 5.70 Å². The van der Waals surface area contributed by atoms with E-state index in [1.807, 2.05) is 36.2 Å². The molecule has 0 spiro atoms. The summed E-state index contributed by atoms with van der Waals surface area (Å²) in [6, 6.07) is 16.3. The minimum atomic E-state index is 0.351. The van der Waals surface area contributed by atoms with Crippen LogP contribution in [0.4, 0.5) is 5.69 Å². The number of likely N-dealkylation sites (N-methyl/N-ethyl adjacent to an activating group) is 1. The predicted octanol–water partition coefficient (Wildman–Crippen LogP) is 4.26. The van der Waals surface area contributed by atoms with Crippen molar-refractivity contribution in [2.45, 2.75) is 6.92 Å². The van der Waals surface area contributed by atoms with Crippen LogP contribution >= 0.6 is 11.6 Å². The molecule has 2 aliphatic heterocycles. The van der Waals surface area contributed by atoms with E-state index in [1.165, 1.54) is 5.56 Å². The van der Waals surface area contributed by atoms with E-state index in [-0.39, 0.29) is 0 Å². The zero-order valence-electron chi connectivity index (χ0n) is 13.4. The van der Waals surface area contributed by atoms with Gasteiger partial charge in [-0.2, -0.15) is 0 Å². The molecule has 0 unspecified atom stereocenters. The van der Waals surface area contributed by atoms with Crippen molar-refractivity contribution in [2.75, 3.05) is 7.05 Å². The predicted molar refractivity (Wildman–Crippen MR) is 99.5 cm³/mol. The maximum absolute atomic E-state index is 6.32. The molecule has 0 amide bonds. The van der Waals surface area contributed by atoms with Crippen molar-refractivity contribution in [1.82, 2.24) is 4.90 Å². The van der Waals surface area contributed by atoms with Gasteiger partial charge >= 0.3 is 0 Å². The van der Waals surface area contributed by atoms with Crippen LogP contribution in [-0.2, 0) is 0 Å². The Morgan fingerprint density at radius 3 is 2.50 bits per heavy atom. The topological polar surface area (TPSA) is 40.3 Å². The molecule has 0 saturated carbocycles. The van der Waals surface area contributed by atoms with E-state index in [1.54, 1.807) is 6.34 Å². The molecule has 0 bridgehead atoms. The molecule has 4 nitrogen and oxygen atoms in total. The number of aliphatic imine (C=N–C) groups is 3. The second kappa shape index (κ2) is 5.73. The van der Waals surface area contributed by atoms with Crippen molar-refractivity contribution in [3.05, 3.63) is 76.1 Å². The third-order valence-corrected chi connectivity index (χ3v) is 4.30. The standard InChI is InChI=1S/C19H15ClN4/c1-12-7-9-13(10-8-12)16-14-5-3-4-6-15(14)22-19-17(23-16)18(20)21-11-24(19)2/h3-11H,1-2H3. The molecule has 2 aromatic carbocycles. The number of amidine groups is 1. The molecule has 2 heterocycles. The molecule has 0 saturated heterocycles. The minimum absolute atomic E-state index is 0.351. The maximum atomic E-state index is 6.32. The van der Waals surface area contributed by atoms with Gasteiger partial charge in [-0.15, -0.1) is 0 Å². The fourth-order valence-corrected chi connectivity index (χ4v) is 2.90. The Hall–Kier alpha value is -2.72. The Balaban J connectivity index is 2.01. The molecule has 118 valence electrons. The van der Waals surface area contributed by atoms with E-state index in [2.05, 4.69) is 36.2 Å². The number of hydrogen-bond acceptors (Lipinski definition) is 4. The molecule has 0 atom stereocenters. The molecule has 24 heavy (non-hydrogen) atoms. The lowest BCUT2D eigenvalue weighted by atomic mass is 10.00. The van der Waals surface area contributed by atoms with Crippen LogP contribution in [0.2, 0.25) is 0 Å². The van der Waals surface area contributed by atoms with Crippen LogP contribution in [-0.4, -0.2) is 29.8 Å². The Bertz CT molecular complexity index is 936. The number of nitrogens with zero attached hydrogens (tertiary/aromatic N) is 4. The van der Waals surface area contributed by atoms with Gasteiger partial charge in [0.05, 0.1) is 17.7 Å². The third kappa shape index (κ3) is 2.45. The van der Waals surface area contributed by atoms with E-state index in [0.29, 0.717) is 16.7 Å². The van der Waals surface area contributed by atoms with Gasteiger partial charge in [0, 0.05) is 18.2 Å². The number of fused-ring (bicyclic) bond motifs is 2. The quantitative estimate of drug-likeness (QED) is 0.718. The lowest BCUT2D eigenvalue weighted by Crippen LogP contribution is -2.29. The highest BCUT2D eigenvalue weighted by atomic mass is 35.5. The molecular weight excluding hydrogens is 320 g/mol. The monoisotopic (exact) mass is 334 g/mol. The zero-order valence-corrected chi connectivity index (χ0v) is 14.1. The van der Waals surface area contributed by atoms with Gasteiger partial charge in [0.2, 0.25) is 0 Å². The number of halogens is 1. The molecule has 0 N–H and O–H groups in total. The molecule has 0 aliphatic carbocycles. The van der Waals surface area contributed by atoms with Gasteiger partial charge in [0.25, 0.3) is 0 Å². The Labute approximate surface area is 145 Å². The van der Waals surface area contributed by atoms with E-state index >= 15 is 0 Å². The first-order chi connectivity index (χ1) is 11.6. The summed E-state index contributed by atoms with van der Waals surface area (Å²) in [4.78, 5) is 15.7. The Morgan fingerprint density at radius 1 is 0.958 bits per heavy atom. The van der Waals surface area contributed by atoms with E-state index in [9.17, 15) is 0 Å².